The van der Waals surface area contributed by atoms with Crippen molar-refractivity contribution >= 4 is 48.5 Å². The number of pyridine rings is 2. The Balaban J connectivity index is 1.50. The molecule has 4 heterocycles. The van der Waals surface area contributed by atoms with Gasteiger partial charge in [0.1, 0.15) is 21.9 Å². The van der Waals surface area contributed by atoms with Gasteiger partial charge >= 0.3 is 0 Å². The zero-order valence-corrected chi connectivity index (χ0v) is 23.6. The number of nitrogens with zero attached hydrogens (tertiary/aromatic N) is 3. The fraction of sp³-hybridized carbons (Fsp3) is 0.400. The lowest BCUT2D eigenvalue weighted by molar-refractivity contribution is 0.428. The van der Waals surface area contributed by atoms with E-state index in [9.17, 15) is 26.7 Å². The smallest absolute Gasteiger partial charge is 0.299 e. The van der Waals surface area contributed by atoms with Crippen molar-refractivity contribution in [1.29, 1.82) is 0 Å². The standard InChI is InChI=1S/C25H31N7O6S2/c1-15(2)9-13-32-24-18(4-3-10-27-24)22(33)21(25(32)34)23-28-19-6-5-17(14-20(19)39(35,36)31-23)30-40(37,38)29-16-7-11-26-12-8-16/h3-6,10,14-16,26,29-30,33H,7-9,11-13H2,1-2H3,(H,28,31). The molecule has 1 fully saturated rings. The number of amidine groups is 1. The average molecular weight is 590 g/mol. The lowest BCUT2D eigenvalue weighted by Gasteiger charge is -2.24. The van der Waals surface area contributed by atoms with E-state index in [0.717, 1.165) is 6.07 Å². The SMILES string of the molecule is CC(C)CCn1c(=O)c(C2=NS(=O)(=O)c3cc(NS(=O)(=O)NC4CCNCC4)ccc3N2)c(O)c2cccnc21. The topological polar surface area (TPSA) is 184 Å². The lowest BCUT2D eigenvalue weighted by Crippen LogP contribution is -2.44. The van der Waals surface area contributed by atoms with Crippen LogP contribution in [0.2, 0.25) is 0 Å². The van der Waals surface area contributed by atoms with Gasteiger partial charge in [-0.3, -0.25) is 14.1 Å². The summed E-state index contributed by atoms with van der Waals surface area (Å²) in [6, 6.07) is 6.90. The minimum Gasteiger partial charge on any atom is -0.506 e. The van der Waals surface area contributed by atoms with Gasteiger partial charge in [-0.15, -0.1) is 4.40 Å². The van der Waals surface area contributed by atoms with Crippen LogP contribution in [0.3, 0.4) is 0 Å². The first-order chi connectivity index (χ1) is 18.9. The molecule has 0 spiro atoms. The number of benzene rings is 1. The van der Waals surface area contributed by atoms with E-state index in [2.05, 4.69) is 29.5 Å². The molecule has 15 heteroatoms. The third kappa shape index (κ3) is 5.68. The van der Waals surface area contributed by atoms with Crippen molar-refractivity contribution in [3.63, 3.8) is 0 Å². The second-order valence-corrected chi connectivity index (χ2v) is 13.3. The van der Waals surface area contributed by atoms with Gasteiger partial charge < -0.3 is 15.7 Å². The minimum absolute atomic E-state index is 0.0277. The molecule has 13 nitrogen and oxygen atoms in total. The average Bonchev–Trinajstić information content (AvgIpc) is 2.89. The summed E-state index contributed by atoms with van der Waals surface area (Å²) in [5.74, 6) is -0.492. The Morgan fingerprint density at radius 3 is 2.67 bits per heavy atom. The molecule has 0 atom stereocenters. The molecule has 214 valence electrons. The van der Waals surface area contributed by atoms with Gasteiger partial charge in [-0.1, -0.05) is 13.8 Å². The van der Waals surface area contributed by atoms with Crippen molar-refractivity contribution in [3.8, 4) is 5.75 Å². The van der Waals surface area contributed by atoms with Crippen LogP contribution in [0.25, 0.3) is 11.0 Å². The predicted molar refractivity (Wildman–Crippen MR) is 152 cm³/mol. The molecule has 0 amide bonds. The molecule has 2 aliphatic heterocycles. The van der Waals surface area contributed by atoms with E-state index in [-0.39, 0.29) is 50.7 Å². The maximum Gasteiger partial charge on any atom is 0.299 e. The molecule has 0 aliphatic carbocycles. The highest BCUT2D eigenvalue weighted by atomic mass is 32.2. The van der Waals surface area contributed by atoms with E-state index in [1.807, 2.05) is 13.8 Å². The number of aromatic hydroxyl groups is 1. The number of piperidine rings is 1. The van der Waals surface area contributed by atoms with Crippen LogP contribution in [0, 0.1) is 5.92 Å². The molecule has 1 saturated heterocycles. The van der Waals surface area contributed by atoms with Crippen molar-refractivity contribution in [2.45, 2.75) is 50.6 Å². The van der Waals surface area contributed by atoms with Crippen LogP contribution in [0.15, 0.2) is 50.6 Å². The molecule has 5 N–H and O–H groups in total. The first-order valence-corrected chi connectivity index (χ1v) is 15.9. The number of anilines is 2. The molecule has 2 aliphatic rings. The van der Waals surface area contributed by atoms with Crippen LogP contribution in [0.4, 0.5) is 11.4 Å². The van der Waals surface area contributed by atoms with Crippen LogP contribution in [-0.2, 0) is 26.8 Å². The highest BCUT2D eigenvalue weighted by molar-refractivity contribution is 7.91. The number of rotatable bonds is 8. The molecule has 0 bridgehead atoms. The normalized spacial score (nSPS) is 17.3. The molecule has 0 saturated carbocycles. The number of sulfonamides is 1. The van der Waals surface area contributed by atoms with Gasteiger partial charge in [-0.25, -0.2) is 4.98 Å². The van der Waals surface area contributed by atoms with Crippen LogP contribution in [0.5, 0.6) is 5.75 Å². The number of aryl methyl sites for hydroxylation is 1. The van der Waals surface area contributed by atoms with Crippen molar-refractivity contribution in [2.24, 2.45) is 10.3 Å². The van der Waals surface area contributed by atoms with Gasteiger partial charge in [-0.2, -0.15) is 21.6 Å². The highest BCUT2D eigenvalue weighted by Crippen LogP contribution is 2.33. The summed E-state index contributed by atoms with van der Waals surface area (Å²) in [4.78, 5) is 17.6. The Labute approximate surface area is 232 Å². The van der Waals surface area contributed by atoms with Gasteiger partial charge in [-0.05, 0) is 68.6 Å². The van der Waals surface area contributed by atoms with Gasteiger partial charge in [0.25, 0.3) is 25.8 Å². The van der Waals surface area contributed by atoms with Gasteiger partial charge in [0.15, 0.2) is 5.84 Å². The minimum atomic E-state index is -4.38. The molecule has 5 rings (SSSR count). The van der Waals surface area contributed by atoms with E-state index in [4.69, 9.17) is 0 Å². The summed E-state index contributed by atoms with van der Waals surface area (Å²) in [5, 5.41) is 17.3. The molecule has 3 aromatic rings. The highest BCUT2D eigenvalue weighted by Gasteiger charge is 2.31. The Hall–Kier alpha value is -3.53. The summed E-state index contributed by atoms with van der Waals surface area (Å²) in [5.41, 5.74) is -0.543. The quantitative estimate of drug-likeness (QED) is 0.261. The Kier molecular flexibility index (Phi) is 7.56. The number of hydrogen-bond donors (Lipinski definition) is 5. The molecular weight excluding hydrogens is 558 g/mol. The predicted octanol–water partition coefficient (Wildman–Crippen LogP) is 1.71. The second-order valence-electron chi connectivity index (χ2n) is 10.2. The molecule has 0 radical (unpaired) electrons. The number of nitrogens with one attached hydrogen (secondary N) is 4. The maximum absolute atomic E-state index is 13.6. The lowest BCUT2D eigenvalue weighted by atomic mass is 10.1. The molecule has 2 aromatic heterocycles. The van der Waals surface area contributed by atoms with Crippen molar-refractivity contribution in [2.75, 3.05) is 23.1 Å². The van der Waals surface area contributed by atoms with Crippen molar-refractivity contribution < 1.29 is 21.9 Å². The fourth-order valence-corrected chi connectivity index (χ4v) is 7.07. The Morgan fingerprint density at radius 1 is 1.20 bits per heavy atom. The van der Waals surface area contributed by atoms with E-state index in [1.165, 1.54) is 22.9 Å². The maximum atomic E-state index is 13.6. The van der Waals surface area contributed by atoms with E-state index in [0.29, 0.717) is 38.9 Å². The zero-order chi connectivity index (χ0) is 28.7. The summed E-state index contributed by atoms with van der Waals surface area (Å²) >= 11 is 0. The fourth-order valence-electron chi connectivity index (χ4n) is 4.75. The van der Waals surface area contributed by atoms with E-state index in [1.54, 1.807) is 12.1 Å². The summed E-state index contributed by atoms with van der Waals surface area (Å²) in [6.45, 7) is 5.72. The number of aromatic nitrogens is 2. The Morgan fingerprint density at radius 2 is 1.95 bits per heavy atom. The van der Waals surface area contributed by atoms with Gasteiger partial charge in [0.2, 0.25) is 0 Å². The second kappa shape index (κ2) is 10.8. The van der Waals surface area contributed by atoms with Gasteiger partial charge in [0, 0.05) is 18.8 Å². The summed E-state index contributed by atoms with van der Waals surface area (Å²) in [7, 11) is -8.35. The Bertz CT molecular complexity index is 1760. The third-order valence-electron chi connectivity index (χ3n) is 6.80. The first kappa shape index (κ1) is 28.0. The van der Waals surface area contributed by atoms with Gasteiger partial charge in [0.05, 0.1) is 16.8 Å². The zero-order valence-electron chi connectivity index (χ0n) is 22.0. The number of fused-ring (bicyclic) bond motifs is 2. The van der Waals surface area contributed by atoms with Crippen LogP contribution >= 0.6 is 0 Å². The van der Waals surface area contributed by atoms with E-state index >= 15 is 0 Å². The van der Waals surface area contributed by atoms with E-state index < -0.39 is 31.5 Å². The summed E-state index contributed by atoms with van der Waals surface area (Å²) in [6.07, 6.45) is 3.44. The monoisotopic (exact) mass is 589 g/mol. The molecular formula is C25H31N7O6S2. The molecule has 1 aromatic carbocycles. The van der Waals surface area contributed by atoms with Crippen molar-refractivity contribution in [1.82, 2.24) is 19.6 Å². The summed E-state index contributed by atoms with van der Waals surface area (Å²) < 4.78 is 61.9. The molecule has 40 heavy (non-hydrogen) atoms. The molecule has 0 unspecified atom stereocenters. The van der Waals surface area contributed by atoms with Crippen LogP contribution < -0.4 is 25.6 Å². The van der Waals surface area contributed by atoms with Crippen LogP contribution in [-0.4, -0.2) is 56.5 Å². The van der Waals surface area contributed by atoms with Crippen LogP contribution in [0.1, 0.15) is 38.7 Å². The third-order valence-corrected chi connectivity index (χ3v) is 9.26. The van der Waals surface area contributed by atoms with Crippen molar-refractivity contribution in [3.05, 3.63) is 52.4 Å². The number of hydrogen-bond acceptors (Lipinski definition) is 9. The largest absolute Gasteiger partial charge is 0.506 e. The first-order valence-electron chi connectivity index (χ1n) is 12.9.